The average molecular weight is 322 g/mol. The molecule has 2 aromatic rings. The van der Waals surface area contributed by atoms with Crippen LogP contribution in [0.3, 0.4) is 0 Å². The van der Waals surface area contributed by atoms with E-state index in [9.17, 15) is 12.8 Å². The van der Waals surface area contributed by atoms with E-state index < -0.39 is 15.7 Å². The van der Waals surface area contributed by atoms with Gasteiger partial charge in [-0.1, -0.05) is 18.2 Å². The average Bonchev–Trinajstić information content (AvgIpc) is 2.45. The molecule has 0 aliphatic heterocycles. The van der Waals surface area contributed by atoms with Crippen LogP contribution in [0.15, 0.2) is 47.4 Å². The van der Waals surface area contributed by atoms with Gasteiger partial charge in [0.05, 0.1) is 4.90 Å². The molecule has 0 spiro atoms. The van der Waals surface area contributed by atoms with Crippen molar-refractivity contribution in [1.82, 2.24) is 0 Å². The first-order chi connectivity index (χ1) is 10.3. The van der Waals surface area contributed by atoms with Crippen molar-refractivity contribution in [1.29, 1.82) is 5.41 Å². The molecular weight excluding hydrogens is 307 g/mol. The molecule has 0 fully saturated rings. The van der Waals surface area contributed by atoms with Crippen molar-refractivity contribution in [2.75, 3.05) is 6.26 Å². The maximum Gasteiger partial charge on any atom is 0.175 e. The number of ether oxygens (including phenoxy) is 1. The van der Waals surface area contributed by atoms with Gasteiger partial charge in [0.1, 0.15) is 12.4 Å². The Labute approximate surface area is 128 Å². The Balaban J connectivity index is 2.23. The summed E-state index contributed by atoms with van der Waals surface area (Å²) in [5.41, 5.74) is 5.97. The Kier molecular flexibility index (Phi) is 4.46. The molecule has 0 aliphatic rings. The molecule has 0 atom stereocenters. The molecule has 0 saturated heterocycles. The predicted octanol–water partition coefficient (Wildman–Crippen LogP) is 2.09. The first kappa shape index (κ1) is 16.0. The zero-order valence-corrected chi connectivity index (χ0v) is 12.7. The zero-order valence-electron chi connectivity index (χ0n) is 11.8. The summed E-state index contributed by atoms with van der Waals surface area (Å²) in [7, 11) is -3.38. The fourth-order valence-electron chi connectivity index (χ4n) is 1.93. The Morgan fingerprint density at radius 3 is 2.55 bits per heavy atom. The van der Waals surface area contributed by atoms with E-state index in [1.165, 1.54) is 18.2 Å². The van der Waals surface area contributed by atoms with Gasteiger partial charge in [0.15, 0.2) is 21.4 Å². The Hall–Kier alpha value is -2.41. The van der Waals surface area contributed by atoms with Crippen LogP contribution in [0.2, 0.25) is 0 Å². The Morgan fingerprint density at radius 1 is 1.27 bits per heavy atom. The van der Waals surface area contributed by atoms with Gasteiger partial charge in [-0.05, 0) is 24.3 Å². The molecule has 0 saturated carbocycles. The number of benzene rings is 2. The molecule has 0 amide bonds. The van der Waals surface area contributed by atoms with Crippen molar-refractivity contribution in [3.63, 3.8) is 0 Å². The summed E-state index contributed by atoms with van der Waals surface area (Å²) < 4.78 is 42.6. The summed E-state index contributed by atoms with van der Waals surface area (Å²) in [5, 5.41) is 7.24. The number of halogens is 1. The van der Waals surface area contributed by atoms with Crippen LogP contribution in [-0.2, 0) is 16.4 Å². The molecule has 0 bridgehead atoms. The number of amidine groups is 1. The molecule has 0 unspecified atom stereocenters. The molecule has 5 nitrogen and oxygen atoms in total. The second-order valence-electron chi connectivity index (χ2n) is 4.73. The molecule has 0 aromatic heterocycles. The number of hydrogen-bond donors (Lipinski definition) is 2. The molecule has 0 aliphatic carbocycles. The number of hydrogen-bond acceptors (Lipinski definition) is 4. The SMILES string of the molecule is CS(=O)(=O)c1ccccc1COc1ccc(C(=N)N)cc1F. The Bertz CT molecular complexity index is 819. The fourth-order valence-corrected chi connectivity index (χ4v) is 2.85. The summed E-state index contributed by atoms with van der Waals surface area (Å²) in [4.78, 5) is 0.149. The van der Waals surface area contributed by atoms with Gasteiger partial charge in [-0.2, -0.15) is 0 Å². The fraction of sp³-hybridized carbons (Fsp3) is 0.133. The van der Waals surface area contributed by atoms with Crippen LogP contribution in [0, 0.1) is 11.2 Å². The van der Waals surface area contributed by atoms with E-state index in [1.54, 1.807) is 18.2 Å². The van der Waals surface area contributed by atoms with Gasteiger partial charge in [0.25, 0.3) is 0 Å². The minimum Gasteiger partial charge on any atom is -0.486 e. The minimum atomic E-state index is -3.38. The maximum absolute atomic E-state index is 13.9. The molecule has 2 aromatic carbocycles. The van der Waals surface area contributed by atoms with Crippen LogP contribution in [0.5, 0.6) is 5.75 Å². The smallest absolute Gasteiger partial charge is 0.175 e. The van der Waals surface area contributed by atoms with Crippen molar-refractivity contribution in [3.8, 4) is 5.75 Å². The minimum absolute atomic E-state index is 0.0340. The van der Waals surface area contributed by atoms with Crippen molar-refractivity contribution < 1.29 is 17.5 Å². The van der Waals surface area contributed by atoms with Gasteiger partial charge >= 0.3 is 0 Å². The molecule has 116 valence electrons. The summed E-state index contributed by atoms with van der Waals surface area (Å²) >= 11 is 0. The number of rotatable bonds is 5. The number of nitrogens with one attached hydrogen (secondary N) is 1. The highest BCUT2D eigenvalue weighted by atomic mass is 32.2. The van der Waals surface area contributed by atoms with Crippen LogP contribution < -0.4 is 10.5 Å². The highest BCUT2D eigenvalue weighted by molar-refractivity contribution is 7.90. The molecule has 22 heavy (non-hydrogen) atoms. The topological polar surface area (TPSA) is 93.2 Å². The maximum atomic E-state index is 13.9. The van der Waals surface area contributed by atoms with Crippen LogP contribution in [-0.4, -0.2) is 20.5 Å². The van der Waals surface area contributed by atoms with Gasteiger partial charge in [-0.3, -0.25) is 5.41 Å². The number of sulfone groups is 1. The monoisotopic (exact) mass is 322 g/mol. The van der Waals surface area contributed by atoms with E-state index >= 15 is 0 Å². The van der Waals surface area contributed by atoms with E-state index in [2.05, 4.69) is 0 Å². The molecule has 0 heterocycles. The van der Waals surface area contributed by atoms with E-state index in [1.807, 2.05) is 0 Å². The third kappa shape index (κ3) is 3.62. The predicted molar refractivity (Wildman–Crippen MR) is 81.3 cm³/mol. The van der Waals surface area contributed by atoms with E-state index in [4.69, 9.17) is 15.9 Å². The van der Waals surface area contributed by atoms with E-state index in [0.29, 0.717) is 5.56 Å². The lowest BCUT2D eigenvalue weighted by Gasteiger charge is -2.11. The van der Waals surface area contributed by atoms with Crippen molar-refractivity contribution in [3.05, 3.63) is 59.4 Å². The van der Waals surface area contributed by atoms with Gasteiger partial charge < -0.3 is 10.5 Å². The highest BCUT2D eigenvalue weighted by Crippen LogP contribution is 2.22. The molecule has 3 N–H and O–H groups in total. The van der Waals surface area contributed by atoms with Crippen molar-refractivity contribution >= 4 is 15.7 Å². The lowest BCUT2D eigenvalue weighted by Crippen LogP contribution is -2.11. The second kappa shape index (κ2) is 6.15. The van der Waals surface area contributed by atoms with Gasteiger partial charge in [-0.25, -0.2) is 12.8 Å². The van der Waals surface area contributed by atoms with E-state index in [-0.39, 0.29) is 28.7 Å². The largest absolute Gasteiger partial charge is 0.486 e. The number of nitrogens with two attached hydrogens (primary N) is 1. The van der Waals surface area contributed by atoms with Crippen LogP contribution in [0.25, 0.3) is 0 Å². The standard InChI is InChI=1S/C15H15FN2O3S/c1-22(19,20)14-5-3-2-4-11(14)9-21-13-7-6-10(15(17)18)8-12(13)16/h2-8H,9H2,1H3,(H3,17,18). The van der Waals surface area contributed by atoms with Crippen molar-refractivity contribution in [2.24, 2.45) is 5.73 Å². The van der Waals surface area contributed by atoms with Gasteiger partial charge in [0.2, 0.25) is 0 Å². The second-order valence-corrected chi connectivity index (χ2v) is 6.71. The van der Waals surface area contributed by atoms with Crippen LogP contribution in [0.4, 0.5) is 4.39 Å². The third-order valence-corrected chi connectivity index (χ3v) is 4.20. The van der Waals surface area contributed by atoms with Gasteiger partial charge in [-0.15, -0.1) is 0 Å². The highest BCUT2D eigenvalue weighted by Gasteiger charge is 2.14. The summed E-state index contributed by atoms with van der Waals surface area (Å²) in [6.45, 7) is -0.0837. The molecule has 7 heteroatoms. The van der Waals surface area contributed by atoms with Crippen molar-refractivity contribution in [2.45, 2.75) is 11.5 Å². The first-order valence-electron chi connectivity index (χ1n) is 6.34. The normalized spacial score (nSPS) is 11.2. The molecular formula is C15H15FN2O3S. The molecule has 2 rings (SSSR count). The first-order valence-corrected chi connectivity index (χ1v) is 8.23. The lowest BCUT2D eigenvalue weighted by molar-refractivity contribution is 0.287. The molecule has 0 radical (unpaired) electrons. The van der Waals surface area contributed by atoms with Gasteiger partial charge in [0, 0.05) is 17.4 Å². The van der Waals surface area contributed by atoms with Crippen LogP contribution >= 0.6 is 0 Å². The zero-order chi connectivity index (χ0) is 16.3. The number of nitrogen functional groups attached to an aromatic ring is 1. The van der Waals surface area contributed by atoms with Crippen LogP contribution in [0.1, 0.15) is 11.1 Å². The lowest BCUT2D eigenvalue weighted by atomic mass is 10.2. The Morgan fingerprint density at radius 2 is 1.95 bits per heavy atom. The van der Waals surface area contributed by atoms with E-state index in [0.717, 1.165) is 12.3 Å². The summed E-state index contributed by atoms with van der Waals surface area (Å²) in [6.07, 6.45) is 1.11. The summed E-state index contributed by atoms with van der Waals surface area (Å²) in [6, 6.07) is 10.3. The summed E-state index contributed by atoms with van der Waals surface area (Å²) in [5.74, 6) is -0.939. The quantitative estimate of drug-likeness (QED) is 0.651. The third-order valence-electron chi connectivity index (χ3n) is 3.00.